The third-order valence-electron chi connectivity index (χ3n) is 3.77. The first kappa shape index (κ1) is 17.8. The van der Waals surface area contributed by atoms with Crippen LogP contribution < -0.4 is 5.32 Å². The number of aryl methyl sites for hydroxylation is 1. The first-order valence-electron chi connectivity index (χ1n) is 7.11. The molecule has 1 aromatic carbocycles. The van der Waals surface area contributed by atoms with Crippen molar-refractivity contribution in [1.29, 1.82) is 0 Å². The highest BCUT2D eigenvalue weighted by atomic mass is 79.9. The Bertz CT molecular complexity index is 619. The summed E-state index contributed by atoms with van der Waals surface area (Å²) in [5.74, 6) is -2.89. The third kappa shape index (κ3) is 4.46. The minimum absolute atomic E-state index is 0.0272. The number of halogens is 4. The van der Waals surface area contributed by atoms with Crippen molar-refractivity contribution in [3.05, 3.63) is 28.2 Å². The van der Waals surface area contributed by atoms with Crippen molar-refractivity contribution in [2.45, 2.75) is 25.9 Å². The van der Waals surface area contributed by atoms with Crippen molar-refractivity contribution in [2.75, 3.05) is 18.4 Å². The third-order valence-corrected chi connectivity index (χ3v) is 4.26. The van der Waals surface area contributed by atoms with Gasteiger partial charge in [0.05, 0.1) is 5.92 Å². The summed E-state index contributed by atoms with van der Waals surface area (Å²) < 4.78 is 38.4. The molecule has 1 fully saturated rings. The molecule has 1 unspecified atom stereocenters. The van der Waals surface area contributed by atoms with E-state index in [1.54, 1.807) is 12.1 Å². The topological polar surface area (TPSA) is 49.4 Å². The lowest BCUT2D eigenvalue weighted by Gasteiger charge is -2.32. The molecule has 1 N–H and O–H groups in total. The molecule has 1 aliphatic heterocycles. The molecule has 0 aliphatic carbocycles. The summed E-state index contributed by atoms with van der Waals surface area (Å²) in [5.41, 5.74) is 1.45. The fourth-order valence-corrected chi connectivity index (χ4v) is 3.03. The van der Waals surface area contributed by atoms with Gasteiger partial charge < -0.3 is 10.2 Å². The lowest BCUT2D eigenvalue weighted by Crippen LogP contribution is -2.48. The Morgan fingerprint density at radius 3 is 2.65 bits per heavy atom. The van der Waals surface area contributed by atoms with E-state index in [2.05, 4.69) is 21.2 Å². The number of amides is 2. The standard InChI is InChI=1S/C15H16BrF3N2O2/c1-9-7-11(16)4-5-12(9)20-13(22)10-3-2-6-21(8-10)14(23)15(17,18)19/h4-5,7,10H,2-3,6,8H2,1H3,(H,20,22). The number of benzene rings is 1. The summed E-state index contributed by atoms with van der Waals surface area (Å²) >= 11 is 3.32. The van der Waals surface area contributed by atoms with Crippen LogP contribution in [0.2, 0.25) is 0 Å². The van der Waals surface area contributed by atoms with Crippen LogP contribution in [-0.2, 0) is 9.59 Å². The molecule has 1 saturated heterocycles. The van der Waals surface area contributed by atoms with Gasteiger partial charge in [0.15, 0.2) is 0 Å². The SMILES string of the molecule is Cc1cc(Br)ccc1NC(=O)C1CCCN(C(=O)C(F)(F)F)C1. The number of anilines is 1. The van der Waals surface area contributed by atoms with E-state index >= 15 is 0 Å². The van der Waals surface area contributed by atoms with E-state index in [9.17, 15) is 22.8 Å². The maximum Gasteiger partial charge on any atom is 0.471 e. The van der Waals surface area contributed by atoms with Crippen LogP contribution in [0.4, 0.5) is 18.9 Å². The zero-order chi connectivity index (χ0) is 17.2. The molecular formula is C15H16BrF3N2O2. The van der Waals surface area contributed by atoms with Gasteiger partial charge in [-0.05, 0) is 43.5 Å². The van der Waals surface area contributed by atoms with Gasteiger partial charge in [0.2, 0.25) is 5.91 Å². The number of hydrogen-bond donors (Lipinski definition) is 1. The van der Waals surface area contributed by atoms with Crippen molar-refractivity contribution in [3.63, 3.8) is 0 Å². The second-order valence-corrected chi connectivity index (χ2v) is 6.45. The van der Waals surface area contributed by atoms with Crippen LogP contribution in [-0.4, -0.2) is 36.0 Å². The van der Waals surface area contributed by atoms with Crippen LogP contribution in [0.15, 0.2) is 22.7 Å². The van der Waals surface area contributed by atoms with Gasteiger partial charge in [0.1, 0.15) is 0 Å². The molecule has 1 aromatic rings. The van der Waals surface area contributed by atoms with E-state index in [0.29, 0.717) is 23.4 Å². The summed E-state index contributed by atoms with van der Waals surface area (Å²) in [4.78, 5) is 24.3. The Kier molecular flexibility index (Phi) is 5.33. The fourth-order valence-electron chi connectivity index (χ4n) is 2.56. The maximum atomic E-state index is 12.5. The molecule has 4 nitrogen and oxygen atoms in total. The highest BCUT2D eigenvalue weighted by Crippen LogP contribution is 2.26. The number of piperidine rings is 1. The molecule has 0 bridgehead atoms. The molecule has 1 heterocycles. The molecule has 0 aromatic heterocycles. The zero-order valence-electron chi connectivity index (χ0n) is 12.4. The van der Waals surface area contributed by atoms with Crippen LogP contribution in [0.5, 0.6) is 0 Å². The van der Waals surface area contributed by atoms with Gasteiger partial charge in [0, 0.05) is 23.2 Å². The fraction of sp³-hybridized carbons (Fsp3) is 0.467. The Hall–Kier alpha value is -1.57. The molecule has 0 radical (unpaired) electrons. The van der Waals surface area contributed by atoms with Gasteiger partial charge in [0.25, 0.3) is 0 Å². The summed E-state index contributed by atoms with van der Waals surface area (Å²) in [7, 11) is 0. The first-order chi connectivity index (χ1) is 10.7. The lowest BCUT2D eigenvalue weighted by atomic mass is 9.96. The molecule has 23 heavy (non-hydrogen) atoms. The van der Waals surface area contributed by atoms with Gasteiger partial charge >= 0.3 is 12.1 Å². The predicted octanol–water partition coefficient (Wildman–Crippen LogP) is 3.50. The van der Waals surface area contributed by atoms with Gasteiger partial charge in [-0.2, -0.15) is 13.2 Å². The summed E-state index contributed by atoms with van der Waals surface area (Å²) in [5, 5.41) is 2.73. The van der Waals surface area contributed by atoms with Crippen LogP contribution >= 0.6 is 15.9 Å². The highest BCUT2D eigenvalue weighted by molar-refractivity contribution is 9.10. The normalized spacial score (nSPS) is 18.7. The average molecular weight is 393 g/mol. The van der Waals surface area contributed by atoms with Crippen LogP contribution in [0.1, 0.15) is 18.4 Å². The summed E-state index contributed by atoms with van der Waals surface area (Å²) in [6, 6.07) is 5.32. The summed E-state index contributed by atoms with van der Waals surface area (Å²) in [6.07, 6.45) is -4.07. The molecule has 1 aliphatic rings. The predicted molar refractivity (Wildman–Crippen MR) is 82.9 cm³/mol. The van der Waals surface area contributed by atoms with E-state index in [0.717, 1.165) is 10.0 Å². The molecule has 8 heteroatoms. The number of nitrogens with zero attached hydrogens (tertiary/aromatic N) is 1. The number of nitrogens with one attached hydrogen (secondary N) is 1. The zero-order valence-corrected chi connectivity index (χ0v) is 14.0. The number of alkyl halides is 3. The van der Waals surface area contributed by atoms with Gasteiger partial charge in [-0.15, -0.1) is 0 Å². The molecular weight excluding hydrogens is 377 g/mol. The van der Waals surface area contributed by atoms with E-state index < -0.39 is 18.0 Å². The first-order valence-corrected chi connectivity index (χ1v) is 7.91. The number of likely N-dealkylation sites (tertiary alicyclic amines) is 1. The Morgan fingerprint density at radius 2 is 2.04 bits per heavy atom. The minimum Gasteiger partial charge on any atom is -0.334 e. The Labute approximate surface area is 140 Å². The van der Waals surface area contributed by atoms with E-state index in [-0.39, 0.29) is 19.0 Å². The molecule has 0 spiro atoms. The number of carbonyl (C=O) groups is 2. The van der Waals surface area contributed by atoms with Crippen LogP contribution in [0, 0.1) is 12.8 Å². The van der Waals surface area contributed by atoms with E-state index in [4.69, 9.17) is 0 Å². The summed E-state index contributed by atoms with van der Waals surface area (Å²) in [6.45, 7) is 1.64. The molecule has 2 amide bonds. The van der Waals surface area contributed by atoms with Crippen LogP contribution in [0.25, 0.3) is 0 Å². The highest BCUT2D eigenvalue weighted by Gasteiger charge is 2.44. The minimum atomic E-state index is -4.90. The van der Waals surface area contributed by atoms with Crippen molar-refractivity contribution >= 4 is 33.4 Å². The molecule has 2 rings (SSSR count). The Balaban J connectivity index is 2.03. The average Bonchev–Trinajstić information content (AvgIpc) is 2.48. The van der Waals surface area contributed by atoms with Crippen molar-refractivity contribution in [1.82, 2.24) is 4.90 Å². The lowest BCUT2D eigenvalue weighted by molar-refractivity contribution is -0.187. The van der Waals surface area contributed by atoms with Gasteiger partial charge in [-0.3, -0.25) is 9.59 Å². The Morgan fingerprint density at radius 1 is 1.35 bits per heavy atom. The van der Waals surface area contributed by atoms with E-state index in [1.807, 2.05) is 13.0 Å². The molecule has 1 atom stereocenters. The van der Waals surface area contributed by atoms with Crippen molar-refractivity contribution < 1.29 is 22.8 Å². The van der Waals surface area contributed by atoms with Crippen molar-refractivity contribution in [2.24, 2.45) is 5.92 Å². The smallest absolute Gasteiger partial charge is 0.334 e. The van der Waals surface area contributed by atoms with E-state index in [1.165, 1.54) is 0 Å². The van der Waals surface area contributed by atoms with Crippen LogP contribution in [0.3, 0.4) is 0 Å². The largest absolute Gasteiger partial charge is 0.471 e. The number of rotatable bonds is 2. The second kappa shape index (κ2) is 6.90. The molecule has 0 saturated carbocycles. The second-order valence-electron chi connectivity index (χ2n) is 5.54. The maximum absolute atomic E-state index is 12.5. The number of carbonyl (C=O) groups excluding carboxylic acids is 2. The number of hydrogen-bond acceptors (Lipinski definition) is 2. The van der Waals surface area contributed by atoms with Gasteiger partial charge in [-0.25, -0.2) is 0 Å². The van der Waals surface area contributed by atoms with Crippen molar-refractivity contribution in [3.8, 4) is 0 Å². The quantitative estimate of drug-likeness (QED) is 0.837. The monoisotopic (exact) mass is 392 g/mol. The van der Waals surface area contributed by atoms with Gasteiger partial charge in [-0.1, -0.05) is 15.9 Å². The molecule has 126 valence electrons.